The van der Waals surface area contributed by atoms with Gasteiger partial charge >= 0.3 is 0 Å². The smallest absolute Gasteiger partial charge is 0.0723 e. The van der Waals surface area contributed by atoms with E-state index in [4.69, 9.17) is 9.47 Å². The maximum Gasteiger partial charge on any atom is 0.0723 e. The number of benzene rings is 2. The Morgan fingerprint density at radius 2 is 0.660 bits per heavy atom. The molecule has 4 heteroatoms. The van der Waals surface area contributed by atoms with Gasteiger partial charge in [-0.2, -0.15) is 0 Å². The molecular weight excluding hydrogens is 613 g/mol. The molecule has 0 fully saturated rings. The van der Waals surface area contributed by atoms with Crippen molar-refractivity contribution in [3.05, 3.63) is 59.7 Å². The first-order valence-electron chi connectivity index (χ1n) is 21.5. The third kappa shape index (κ3) is 21.6. The number of hydrogen-bond acceptors (Lipinski definition) is 4. The third-order valence-corrected chi connectivity index (χ3v) is 10.3. The lowest BCUT2D eigenvalue weighted by Crippen LogP contribution is -2.30. The summed E-state index contributed by atoms with van der Waals surface area (Å²) >= 11 is 0. The molecule has 0 heterocycles. The van der Waals surface area contributed by atoms with E-state index in [1.165, 1.54) is 177 Å². The Kier molecular flexibility index (Phi) is 28.4. The van der Waals surface area contributed by atoms with Crippen molar-refractivity contribution in [1.29, 1.82) is 0 Å². The molecule has 0 bridgehead atoms. The lowest BCUT2D eigenvalue weighted by atomic mass is 9.96. The minimum absolute atomic E-state index is 0.650. The van der Waals surface area contributed by atoms with E-state index in [0.717, 1.165) is 26.3 Å². The standard InChI is InChI=1S/C46H80N2O2/c1-5-9-13-17-25-33-47(34-26-18-14-10-6-2)37-39-49-41-43-29-21-23-31-45(43)46-32-24-22-30-44(46)42-50-40-38-48(35-27-19-15-11-7-3)36-28-20-16-12-8-4/h21-24,29-32H,5-20,25-28,33-42H2,1-4H3. The van der Waals surface area contributed by atoms with Gasteiger partial charge in [-0.05, 0) is 74.1 Å². The summed E-state index contributed by atoms with van der Waals surface area (Å²) in [5, 5.41) is 0. The second kappa shape index (κ2) is 32.0. The molecule has 0 spiro atoms. The summed E-state index contributed by atoms with van der Waals surface area (Å²) in [7, 11) is 0. The zero-order chi connectivity index (χ0) is 35.7. The van der Waals surface area contributed by atoms with E-state index in [1.54, 1.807) is 0 Å². The number of ether oxygens (including phenoxy) is 2. The molecule has 0 aliphatic rings. The molecule has 2 aromatic rings. The average Bonchev–Trinajstić information content (AvgIpc) is 3.14. The van der Waals surface area contributed by atoms with Crippen molar-refractivity contribution in [3.8, 4) is 11.1 Å². The lowest BCUT2D eigenvalue weighted by Gasteiger charge is -2.23. The Hall–Kier alpha value is -1.72. The second-order valence-corrected chi connectivity index (χ2v) is 14.8. The van der Waals surface area contributed by atoms with Crippen molar-refractivity contribution >= 4 is 0 Å². The van der Waals surface area contributed by atoms with Crippen LogP contribution in [0.2, 0.25) is 0 Å². The zero-order valence-corrected chi connectivity index (χ0v) is 33.5. The molecule has 286 valence electrons. The summed E-state index contributed by atoms with van der Waals surface area (Å²) < 4.78 is 12.8. The first-order chi connectivity index (χ1) is 24.7. The van der Waals surface area contributed by atoms with Crippen LogP contribution >= 0.6 is 0 Å². The Morgan fingerprint density at radius 1 is 0.360 bits per heavy atom. The summed E-state index contributed by atoms with van der Waals surface area (Å²) in [6.07, 6.45) is 26.9. The van der Waals surface area contributed by atoms with Crippen LogP contribution in [-0.2, 0) is 22.7 Å². The molecule has 50 heavy (non-hydrogen) atoms. The Bertz CT molecular complexity index is 917. The van der Waals surface area contributed by atoms with Gasteiger partial charge in [-0.15, -0.1) is 0 Å². The highest BCUT2D eigenvalue weighted by atomic mass is 16.5. The zero-order valence-electron chi connectivity index (χ0n) is 33.5. The SMILES string of the molecule is CCCCCCCN(CCCCCCC)CCOCc1ccccc1-c1ccccc1COCCN(CCCCCCC)CCCCCCC. The number of nitrogens with zero attached hydrogens (tertiary/aromatic N) is 2. The topological polar surface area (TPSA) is 24.9 Å². The van der Waals surface area contributed by atoms with Crippen LogP contribution in [0, 0.1) is 0 Å². The van der Waals surface area contributed by atoms with Crippen molar-refractivity contribution in [1.82, 2.24) is 9.80 Å². The van der Waals surface area contributed by atoms with Crippen LogP contribution in [0.4, 0.5) is 0 Å². The molecule has 0 saturated heterocycles. The van der Waals surface area contributed by atoms with Crippen molar-refractivity contribution in [3.63, 3.8) is 0 Å². The molecule has 0 radical (unpaired) electrons. The third-order valence-electron chi connectivity index (χ3n) is 10.3. The molecule has 2 rings (SSSR count). The summed E-state index contributed by atoms with van der Waals surface area (Å²) in [6.45, 7) is 19.0. The minimum atomic E-state index is 0.650. The fraction of sp³-hybridized carbons (Fsp3) is 0.739. The van der Waals surface area contributed by atoms with E-state index in [-0.39, 0.29) is 0 Å². The van der Waals surface area contributed by atoms with Crippen molar-refractivity contribution in [2.75, 3.05) is 52.5 Å². The quantitative estimate of drug-likeness (QED) is 0.0671. The molecule has 0 amide bonds. The van der Waals surface area contributed by atoms with Gasteiger partial charge in [0, 0.05) is 13.1 Å². The van der Waals surface area contributed by atoms with E-state index in [2.05, 4.69) is 86.0 Å². The Balaban J connectivity index is 1.90. The van der Waals surface area contributed by atoms with Gasteiger partial charge in [0.15, 0.2) is 0 Å². The van der Waals surface area contributed by atoms with Crippen LogP contribution in [0.3, 0.4) is 0 Å². The molecule has 0 N–H and O–H groups in total. The molecule has 0 saturated carbocycles. The average molecular weight is 693 g/mol. The van der Waals surface area contributed by atoms with Gasteiger partial charge in [-0.1, -0.05) is 179 Å². The first-order valence-corrected chi connectivity index (χ1v) is 21.5. The molecule has 4 nitrogen and oxygen atoms in total. The van der Waals surface area contributed by atoms with Crippen molar-refractivity contribution < 1.29 is 9.47 Å². The predicted octanol–water partition coefficient (Wildman–Crippen LogP) is 12.9. The van der Waals surface area contributed by atoms with Crippen molar-refractivity contribution in [2.45, 2.75) is 169 Å². The highest BCUT2D eigenvalue weighted by molar-refractivity contribution is 5.70. The monoisotopic (exact) mass is 693 g/mol. The highest BCUT2D eigenvalue weighted by Gasteiger charge is 2.12. The van der Waals surface area contributed by atoms with Gasteiger partial charge in [0.25, 0.3) is 0 Å². The largest absolute Gasteiger partial charge is 0.375 e. The highest BCUT2D eigenvalue weighted by Crippen LogP contribution is 2.28. The van der Waals surface area contributed by atoms with Gasteiger partial charge in [0.1, 0.15) is 0 Å². The normalized spacial score (nSPS) is 11.7. The van der Waals surface area contributed by atoms with Gasteiger partial charge in [0.05, 0.1) is 26.4 Å². The lowest BCUT2D eigenvalue weighted by molar-refractivity contribution is 0.0906. The Morgan fingerprint density at radius 3 is 0.980 bits per heavy atom. The number of hydrogen-bond donors (Lipinski definition) is 0. The van der Waals surface area contributed by atoms with Gasteiger partial charge in [0.2, 0.25) is 0 Å². The molecule has 0 unspecified atom stereocenters. The molecule has 0 aromatic heterocycles. The van der Waals surface area contributed by atoms with Gasteiger partial charge in [-0.25, -0.2) is 0 Å². The summed E-state index contributed by atoms with van der Waals surface area (Å²) in [4.78, 5) is 5.33. The van der Waals surface area contributed by atoms with Crippen LogP contribution in [0.5, 0.6) is 0 Å². The summed E-state index contributed by atoms with van der Waals surface area (Å²) in [6, 6.07) is 17.6. The summed E-state index contributed by atoms with van der Waals surface area (Å²) in [5.74, 6) is 0. The fourth-order valence-corrected chi connectivity index (χ4v) is 7.00. The van der Waals surface area contributed by atoms with E-state index >= 15 is 0 Å². The Labute approximate surface area is 311 Å². The summed E-state index contributed by atoms with van der Waals surface area (Å²) in [5.41, 5.74) is 5.08. The fourth-order valence-electron chi connectivity index (χ4n) is 7.00. The van der Waals surface area contributed by atoms with E-state index in [0.29, 0.717) is 13.2 Å². The number of rotatable bonds is 35. The first kappa shape index (κ1) is 44.4. The molecule has 2 aromatic carbocycles. The van der Waals surface area contributed by atoms with Crippen LogP contribution in [0.1, 0.15) is 167 Å². The maximum absolute atomic E-state index is 6.40. The van der Waals surface area contributed by atoms with E-state index in [9.17, 15) is 0 Å². The van der Waals surface area contributed by atoms with Crippen LogP contribution < -0.4 is 0 Å². The van der Waals surface area contributed by atoms with Crippen LogP contribution in [0.15, 0.2) is 48.5 Å². The van der Waals surface area contributed by atoms with Crippen LogP contribution in [-0.4, -0.2) is 62.3 Å². The minimum Gasteiger partial charge on any atom is -0.375 e. The van der Waals surface area contributed by atoms with E-state index in [1.807, 2.05) is 0 Å². The van der Waals surface area contributed by atoms with Gasteiger partial charge in [-0.3, -0.25) is 0 Å². The molecule has 0 aliphatic carbocycles. The molecule has 0 aliphatic heterocycles. The van der Waals surface area contributed by atoms with Crippen molar-refractivity contribution in [2.24, 2.45) is 0 Å². The second-order valence-electron chi connectivity index (χ2n) is 14.8. The van der Waals surface area contributed by atoms with Gasteiger partial charge < -0.3 is 19.3 Å². The predicted molar refractivity (Wildman–Crippen MR) is 219 cm³/mol. The molecular formula is C46H80N2O2. The molecule has 0 atom stereocenters. The van der Waals surface area contributed by atoms with Crippen LogP contribution in [0.25, 0.3) is 11.1 Å². The number of unbranched alkanes of at least 4 members (excludes halogenated alkanes) is 16. The van der Waals surface area contributed by atoms with E-state index < -0.39 is 0 Å². The maximum atomic E-state index is 6.40.